The van der Waals surface area contributed by atoms with E-state index in [1.807, 2.05) is 24.3 Å². The SMILES string of the molecule is O=C(/C=C/c1ccc(Cl)cc1)N(Cc1ccc(N2CCCCC2)o1)C1CCS(=O)(=O)C1. The lowest BCUT2D eigenvalue weighted by atomic mass is 10.1. The van der Waals surface area contributed by atoms with Crippen LogP contribution in [0.2, 0.25) is 5.02 Å². The lowest BCUT2D eigenvalue weighted by Gasteiger charge is -2.27. The zero-order valence-corrected chi connectivity index (χ0v) is 18.9. The van der Waals surface area contributed by atoms with Crippen molar-refractivity contribution in [2.45, 2.75) is 38.3 Å². The van der Waals surface area contributed by atoms with E-state index in [2.05, 4.69) is 4.90 Å². The molecule has 0 aliphatic carbocycles. The number of anilines is 1. The zero-order chi connectivity index (χ0) is 21.8. The Morgan fingerprint density at radius 2 is 1.87 bits per heavy atom. The van der Waals surface area contributed by atoms with Gasteiger partial charge in [0.2, 0.25) is 5.91 Å². The average molecular weight is 463 g/mol. The smallest absolute Gasteiger partial charge is 0.247 e. The van der Waals surface area contributed by atoms with Gasteiger partial charge >= 0.3 is 0 Å². The van der Waals surface area contributed by atoms with Crippen LogP contribution in [0.1, 0.15) is 37.0 Å². The molecule has 1 aromatic heterocycles. The summed E-state index contributed by atoms with van der Waals surface area (Å²) in [6, 6.07) is 10.7. The van der Waals surface area contributed by atoms with E-state index in [4.69, 9.17) is 16.0 Å². The van der Waals surface area contributed by atoms with Crippen LogP contribution in [0.4, 0.5) is 5.88 Å². The van der Waals surface area contributed by atoms with Gasteiger partial charge in [-0.3, -0.25) is 4.79 Å². The molecule has 2 aliphatic heterocycles. The first kappa shape index (κ1) is 22.0. The highest BCUT2D eigenvalue weighted by Gasteiger charge is 2.34. The number of benzene rings is 1. The van der Waals surface area contributed by atoms with Gasteiger partial charge in [-0.1, -0.05) is 23.7 Å². The van der Waals surface area contributed by atoms with Crippen molar-refractivity contribution < 1.29 is 17.6 Å². The first-order valence-electron chi connectivity index (χ1n) is 10.7. The number of sulfone groups is 1. The van der Waals surface area contributed by atoms with E-state index in [1.165, 1.54) is 12.5 Å². The second-order valence-electron chi connectivity index (χ2n) is 8.20. The van der Waals surface area contributed by atoms with Crippen molar-refractivity contribution in [3.8, 4) is 0 Å². The molecule has 0 spiro atoms. The third-order valence-electron chi connectivity index (χ3n) is 5.86. The van der Waals surface area contributed by atoms with Gasteiger partial charge in [0, 0.05) is 36.3 Å². The lowest BCUT2D eigenvalue weighted by Crippen LogP contribution is -2.39. The van der Waals surface area contributed by atoms with Crippen LogP contribution in [-0.4, -0.2) is 49.9 Å². The van der Waals surface area contributed by atoms with Crippen molar-refractivity contribution in [1.82, 2.24) is 4.90 Å². The predicted octanol–water partition coefficient (Wildman–Crippen LogP) is 4.15. The van der Waals surface area contributed by atoms with Gasteiger partial charge in [-0.05, 0) is 55.5 Å². The maximum Gasteiger partial charge on any atom is 0.247 e. The predicted molar refractivity (Wildman–Crippen MR) is 123 cm³/mol. The number of hydrogen-bond donors (Lipinski definition) is 0. The second kappa shape index (κ2) is 9.49. The van der Waals surface area contributed by atoms with Crippen molar-refractivity contribution in [2.24, 2.45) is 0 Å². The number of carbonyl (C=O) groups is 1. The van der Waals surface area contributed by atoms with Crippen molar-refractivity contribution in [2.75, 3.05) is 29.5 Å². The van der Waals surface area contributed by atoms with E-state index in [-0.39, 0.29) is 30.0 Å². The highest BCUT2D eigenvalue weighted by Crippen LogP contribution is 2.26. The Morgan fingerprint density at radius 1 is 1.13 bits per heavy atom. The Morgan fingerprint density at radius 3 is 2.55 bits per heavy atom. The summed E-state index contributed by atoms with van der Waals surface area (Å²) in [4.78, 5) is 16.9. The fourth-order valence-electron chi connectivity index (χ4n) is 4.15. The summed E-state index contributed by atoms with van der Waals surface area (Å²) in [5, 5.41) is 0.628. The number of piperidine rings is 1. The molecule has 6 nitrogen and oxygen atoms in total. The van der Waals surface area contributed by atoms with Crippen LogP contribution in [0.25, 0.3) is 6.08 Å². The molecular weight excluding hydrogens is 436 g/mol. The Balaban J connectivity index is 1.51. The molecule has 8 heteroatoms. The van der Waals surface area contributed by atoms with Gasteiger partial charge in [-0.2, -0.15) is 0 Å². The number of hydrogen-bond acceptors (Lipinski definition) is 5. The Hall–Kier alpha value is -2.25. The molecule has 2 aliphatic rings. The maximum absolute atomic E-state index is 13.1. The number of rotatable bonds is 6. The van der Waals surface area contributed by atoms with E-state index in [0.29, 0.717) is 17.2 Å². The van der Waals surface area contributed by atoms with Gasteiger partial charge in [0.25, 0.3) is 0 Å². The minimum atomic E-state index is -3.12. The van der Waals surface area contributed by atoms with E-state index in [9.17, 15) is 13.2 Å². The number of carbonyl (C=O) groups excluding carboxylic acids is 1. The summed E-state index contributed by atoms with van der Waals surface area (Å²) in [5.41, 5.74) is 0.849. The molecular formula is C23H27ClN2O4S. The number of nitrogens with zero attached hydrogens (tertiary/aromatic N) is 2. The molecule has 31 heavy (non-hydrogen) atoms. The van der Waals surface area contributed by atoms with E-state index < -0.39 is 9.84 Å². The molecule has 2 aromatic rings. The van der Waals surface area contributed by atoms with E-state index in [0.717, 1.165) is 37.4 Å². The summed E-state index contributed by atoms with van der Waals surface area (Å²) in [7, 11) is -3.12. The van der Waals surface area contributed by atoms with Crippen molar-refractivity contribution in [3.05, 3.63) is 58.8 Å². The minimum absolute atomic E-state index is 0.00673. The highest BCUT2D eigenvalue weighted by molar-refractivity contribution is 7.91. The van der Waals surface area contributed by atoms with Gasteiger partial charge in [0.1, 0.15) is 5.76 Å². The highest BCUT2D eigenvalue weighted by atomic mass is 35.5. The van der Waals surface area contributed by atoms with Crippen LogP contribution in [0.15, 0.2) is 46.9 Å². The molecule has 0 bridgehead atoms. The van der Waals surface area contributed by atoms with Gasteiger partial charge in [-0.15, -0.1) is 0 Å². The fourth-order valence-corrected chi connectivity index (χ4v) is 6.01. The summed E-state index contributed by atoms with van der Waals surface area (Å²) in [6.45, 7) is 2.19. The van der Waals surface area contributed by atoms with Gasteiger partial charge in [0.05, 0.1) is 18.1 Å². The third-order valence-corrected chi connectivity index (χ3v) is 7.86. The average Bonchev–Trinajstić information content (AvgIpc) is 3.38. The Kier molecular flexibility index (Phi) is 6.72. The van der Waals surface area contributed by atoms with Gasteiger partial charge < -0.3 is 14.2 Å². The summed E-state index contributed by atoms with van der Waals surface area (Å²) in [6.07, 6.45) is 7.19. The van der Waals surface area contributed by atoms with Crippen LogP contribution in [-0.2, 0) is 21.2 Å². The molecule has 1 aromatic carbocycles. The van der Waals surface area contributed by atoms with Crippen molar-refractivity contribution in [3.63, 3.8) is 0 Å². The molecule has 1 amide bonds. The second-order valence-corrected chi connectivity index (χ2v) is 10.9. The van der Waals surface area contributed by atoms with Crippen molar-refractivity contribution >= 4 is 39.3 Å². The first-order valence-corrected chi connectivity index (χ1v) is 12.9. The summed E-state index contributed by atoms with van der Waals surface area (Å²) < 4.78 is 30.1. The number of furan rings is 1. The molecule has 1 atom stereocenters. The summed E-state index contributed by atoms with van der Waals surface area (Å²) >= 11 is 5.92. The number of halogens is 1. The third kappa shape index (κ3) is 5.71. The molecule has 2 fully saturated rings. The number of amides is 1. The first-order chi connectivity index (χ1) is 14.9. The van der Waals surface area contributed by atoms with Crippen molar-refractivity contribution in [1.29, 1.82) is 0 Å². The van der Waals surface area contributed by atoms with Gasteiger partial charge in [0.15, 0.2) is 15.7 Å². The zero-order valence-electron chi connectivity index (χ0n) is 17.4. The lowest BCUT2D eigenvalue weighted by molar-refractivity contribution is -0.128. The largest absolute Gasteiger partial charge is 0.444 e. The van der Waals surface area contributed by atoms with E-state index in [1.54, 1.807) is 23.1 Å². The summed E-state index contributed by atoms with van der Waals surface area (Å²) in [5.74, 6) is 1.36. The quantitative estimate of drug-likeness (QED) is 0.603. The van der Waals surface area contributed by atoms with Crippen LogP contribution in [0.5, 0.6) is 0 Å². The van der Waals surface area contributed by atoms with Crippen LogP contribution < -0.4 is 4.90 Å². The minimum Gasteiger partial charge on any atom is -0.444 e. The van der Waals surface area contributed by atoms with E-state index >= 15 is 0 Å². The van der Waals surface area contributed by atoms with Gasteiger partial charge in [-0.25, -0.2) is 8.42 Å². The topological polar surface area (TPSA) is 70.8 Å². The molecule has 3 heterocycles. The fraction of sp³-hybridized carbons (Fsp3) is 0.435. The Labute approximate surface area is 188 Å². The molecule has 0 N–H and O–H groups in total. The molecule has 1 unspecified atom stereocenters. The van der Waals surface area contributed by atoms with Crippen LogP contribution in [0.3, 0.4) is 0 Å². The molecule has 2 saturated heterocycles. The monoisotopic (exact) mass is 462 g/mol. The molecule has 0 saturated carbocycles. The standard InChI is InChI=1S/C23H27ClN2O4S/c24-19-7-4-18(5-8-19)6-10-22(27)26(20-12-15-31(28,29)17-20)16-21-9-11-23(30-21)25-13-2-1-3-14-25/h4-11,20H,1-3,12-17H2/b10-6+. The maximum atomic E-state index is 13.1. The molecule has 0 radical (unpaired) electrons. The normalized spacial score (nSPS) is 20.9. The molecule has 166 valence electrons. The van der Waals surface area contributed by atoms with Crippen LogP contribution >= 0.6 is 11.6 Å². The molecule has 4 rings (SSSR count). The Bertz CT molecular complexity index is 1040. The van der Waals surface area contributed by atoms with Crippen LogP contribution in [0, 0.1) is 0 Å².